The molecule has 1 aromatic carbocycles. The second-order valence-corrected chi connectivity index (χ2v) is 5.94. The van der Waals surface area contributed by atoms with Gasteiger partial charge in [0.2, 0.25) is 0 Å². The van der Waals surface area contributed by atoms with Gasteiger partial charge < -0.3 is 5.32 Å². The van der Waals surface area contributed by atoms with Crippen LogP contribution in [0, 0.1) is 5.92 Å². The van der Waals surface area contributed by atoms with Crippen LogP contribution in [0.25, 0.3) is 0 Å². The van der Waals surface area contributed by atoms with Crippen LogP contribution in [0.4, 0.5) is 0 Å². The molecule has 3 heteroatoms. The van der Waals surface area contributed by atoms with Crippen LogP contribution in [0.5, 0.6) is 0 Å². The molecule has 0 aliphatic carbocycles. The second-order valence-electron chi connectivity index (χ2n) is 5.94. The van der Waals surface area contributed by atoms with Crippen LogP contribution in [0.2, 0.25) is 0 Å². The van der Waals surface area contributed by atoms with Crippen molar-refractivity contribution in [3.8, 4) is 0 Å². The number of piperidine rings is 1. The zero-order chi connectivity index (χ0) is 12.4. The molecule has 2 heterocycles. The second kappa shape index (κ2) is 6.74. The van der Waals surface area contributed by atoms with Gasteiger partial charge in [-0.3, -0.25) is 4.90 Å². The normalized spacial score (nSPS) is 24.6. The highest BCUT2D eigenvalue weighted by Crippen LogP contribution is 2.25. The van der Waals surface area contributed by atoms with Crippen LogP contribution >= 0.6 is 12.4 Å². The highest BCUT2D eigenvalue weighted by atomic mass is 35.5. The van der Waals surface area contributed by atoms with Crippen LogP contribution < -0.4 is 5.32 Å². The Balaban J connectivity index is 0.00000133. The summed E-state index contributed by atoms with van der Waals surface area (Å²) < 4.78 is 0. The van der Waals surface area contributed by atoms with Gasteiger partial charge in [-0.25, -0.2) is 0 Å². The van der Waals surface area contributed by atoms with E-state index in [1.165, 1.54) is 38.9 Å². The van der Waals surface area contributed by atoms with Gasteiger partial charge in [-0.2, -0.15) is 0 Å². The van der Waals surface area contributed by atoms with E-state index >= 15 is 0 Å². The smallest absolute Gasteiger partial charge is 0.0239 e. The van der Waals surface area contributed by atoms with E-state index < -0.39 is 0 Å². The van der Waals surface area contributed by atoms with E-state index in [1.54, 1.807) is 11.1 Å². The number of benzene rings is 1. The van der Waals surface area contributed by atoms with Crippen molar-refractivity contribution in [2.45, 2.75) is 38.8 Å². The molecule has 1 N–H and O–H groups in total. The first kappa shape index (κ1) is 14.8. The van der Waals surface area contributed by atoms with Crippen molar-refractivity contribution in [2.24, 2.45) is 5.92 Å². The minimum atomic E-state index is 0. The Kier molecular flexibility index (Phi) is 5.26. The molecule has 2 nitrogen and oxygen atoms in total. The molecule has 1 saturated heterocycles. The van der Waals surface area contributed by atoms with Crippen molar-refractivity contribution in [1.82, 2.24) is 10.2 Å². The maximum absolute atomic E-state index is 3.46. The molecular weight excluding hydrogens is 256 g/mol. The van der Waals surface area contributed by atoms with E-state index in [4.69, 9.17) is 0 Å². The van der Waals surface area contributed by atoms with Gasteiger partial charge in [0.1, 0.15) is 0 Å². The summed E-state index contributed by atoms with van der Waals surface area (Å²) in [7, 11) is 0. The number of nitrogens with zero attached hydrogens (tertiary/aromatic N) is 1. The molecule has 1 fully saturated rings. The van der Waals surface area contributed by atoms with Gasteiger partial charge in [0.25, 0.3) is 0 Å². The van der Waals surface area contributed by atoms with E-state index in [0.29, 0.717) is 6.04 Å². The largest absolute Gasteiger partial charge is 0.317 e. The SMILES string of the molecule is CC1Cc2ccccc2CN1CC1CCNCC1.Cl. The van der Waals surface area contributed by atoms with Gasteiger partial charge in [0.15, 0.2) is 0 Å². The standard InChI is InChI=1S/C16H24N2.ClH/c1-13-10-15-4-2-3-5-16(15)12-18(13)11-14-6-8-17-9-7-14;/h2-5,13-14,17H,6-12H2,1H3;1H. The molecule has 0 amide bonds. The van der Waals surface area contributed by atoms with Crippen molar-refractivity contribution >= 4 is 12.4 Å². The van der Waals surface area contributed by atoms with Crippen LogP contribution in [0.15, 0.2) is 24.3 Å². The third kappa shape index (κ3) is 3.50. The third-order valence-corrected chi connectivity index (χ3v) is 4.58. The summed E-state index contributed by atoms with van der Waals surface area (Å²) in [5.41, 5.74) is 3.11. The minimum absolute atomic E-state index is 0. The van der Waals surface area contributed by atoms with E-state index in [9.17, 15) is 0 Å². The molecule has 0 radical (unpaired) electrons. The van der Waals surface area contributed by atoms with Gasteiger partial charge in [0.05, 0.1) is 0 Å². The fourth-order valence-electron chi connectivity index (χ4n) is 3.37. The Labute approximate surface area is 123 Å². The summed E-state index contributed by atoms with van der Waals surface area (Å²) in [5.74, 6) is 0.902. The molecule has 19 heavy (non-hydrogen) atoms. The molecule has 0 saturated carbocycles. The number of rotatable bonds is 2. The average molecular weight is 281 g/mol. The number of fused-ring (bicyclic) bond motifs is 1. The Hall–Kier alpha value is -0.570. The minimum Gasteiger partial charge on any atom is -0.317 e. The summed E-state index contributed by atoms with van der Waals surface area (Å²) in [6.45, 7) is 7.25. The summed E-state index contributed by atoms with van der Waals surface area (Å²) in [4.78, 5) is 2.69. The Morgan fingerprint density at radius 2 is 1.84 bits per heavy atom. The number of hydrogen-bond donors (Lipinski definition) is 1. The maximum atomic E-state index is 3.46. The van der Waals surface area contributed by atoms with Crippen molar-refractivity contribution in [3.63, 3.8) is 0 Å². The molecule has 0 bridgehead atoms. The highest BCUT2D eigenvalue weighted by molar-refractivity contribution is 5.85. The molecular formula is C16H25ClN2. The Morgan fingerprint density at radius 1 is 1.16 bits per heavy atom. The molecule has 2 aliphatic heterocycles. The lowest BCUT2D eigenvalue weighted by Gasteiger charge is -2.38. The highest BCUT2D eigenvalue weighted by Gasteiger charge is 2.25. The first-order valence-corrected chi connectivity index (χ1v) is 7.34. The number of hydrogen-bond acceptors (Lipinski definition) is 2. The zero-order valence-corrected chi connectivity index (χ0v) is 12.6. The topological polar surface area (TPSA) is 15.3 Å². The zero-order valence-electron chi connectivity index (χ0n) is 11.8. The average Bonchev–Trinajstić information content (AvgIpc) is 2.41. The summed E-state index contributed by atoms with van der Waals surface area (Å²) in [6, 6.07) is 9.66. The predicted octanol–water partition coefficient (Wildman–Crippen LogP) is 2.85. The number of nitrogens with one attached hydrogen (secondary N) is 1. The third-order valence-electron chi connectivity index (χ3n) is 4.58. The summed E-state index contributed by atoms with van der Waals surface area (Å²) >= 11 is 0. The van der Waals surface area contributed by atoms with E-state index in [1.807, 2.05) is 0 Å². The summed E-state index contributed by atoms with van der Waals surface area (Å²) in [5, 5.41) is 3.46. The molecule has 2 aliphatic rings. The van der Waals surface area contributed by atoms with Crippen molar-refractivity contribution < 1.29 is 0 Å². The van der Waals surface area contributed by atoms with Crippen LogP contribution in [-0.2, 0) is 13.0 Å². The Morgan fingerprint density at radius 3 is 2.58 bits per heavy atom. The van der Waals surface area contributed by atoms with Crippen LogP contribution in [0.1, 0.15) is 30.9 Å². The Bertz CT molecular complexity index is 401. The van der Waals surface area contributed by atoms with Crippen molar-refractivity contribution in [3.05, 3.63) is 35.4 Å². The van der Waals surface area contributed by atoms with Gasteiger partial charge >= 0.3 is 0 Å². The molecule has 3 rings (SSSR count). The monoisotopic (exact) mass is 280 g/mol. The quantitative estimate of drug-likeness (QED) is 0.896. The molecule has 1 unspecified atom stereocenters. The van der Waals surface area contributed by atoms with E-state index in [-0.39, 0.29) is 12.4 Å². The first-order valence-electron chi connectivity index (χ1n) is 7.34. The van der Waals surface area contributed by atoms with E-state index in [2.05, 4.69) is 41.4 Å². The summed E-state index contributed by atoms with van der Waals surface area (Å²) in [6.07, 6.45) is 3.93. The van der Waals surface area contributed by atoms with Gasteiger partial charge in [-0.1, -0.05) is 24.3 Å². The fourth-order valence-corrected chi connectivity index (χ4v) is 3.37. The molecule has 0 spiro atoms. The lowest BCUT2D eigenvalue weighted by molar-refractivity contribution is 0.141. The van der Waals surface area contributed by atoms with Crippen LogP contribution in [-0.4, -0.2) is 30.6 Å². The first-order chi connectivity index (χ1) is 8.83. The fraction of sp³-hybridized carbons (Fsp3) is 0.625. The molecule has 0 aromatic heterocycles. The lowest BCUT2D eigenvalue weighted by atomic mass is 9.91. The molecule has 1 atom stereocenters. The lowest BCUT2D eigenvalue weighted by Crippen LogP contribution is -2.43. The van der Waals surface area contributed by atoms with E-state index in [0.717, 1.165) is 12.5 Å². The predicted molar refractivity (Wildman–Crippen MR) is 82.9 cm³/mol. The maximum Gasteiger partial charge on any atom is 0.0239 e. The van der Waals surface area contributed by atoms with Gasteiger partial charge in [-0.15, -0.1) is 12.4 Å². The molecule has 106 valence electrons. The van der Waals surface area contributed by atoms with Crippen LogP contribution in [0.3, 0.4) is 0 Å². The number of halogens is 1. The van der Waals surface area contributed by atoms with Crippen molar-refractivity contribution in [2.75, 3.05) is 19.6 Å². The van der Waals surface area contributed by atoms with Gasteiger partial charge in [-0.05, 0) is 56.3 Å². The van der Waals surface area contributed by atoms with Crippen molar-refractivity contribution in [1.29, 1.82) is 0 Å². The molecule has 1 aromatic rings. The van der Waals surface area contributed by atoms with Gasteiger partial charge in [0, 0.05) is 19.1 Å².